The maximum atomic E-state index is 13.4. The molecule has 152 valence electrons. The molecular formula is C25H24N2O3. The van der Waals surface area contributed by atoms with E-state index in [4.69, 9.17) is 4.74 Å². The summed E-state index contributed by atoms with van der Waals surface area (Å²) in [6.07, 6.45) is 0. The Morgan fingerprint density at radius 3 is 2.57 bits per heavy atom. The standard InChI is InChI=1S/C25H24N2O3/c1-16-12-13-17(2)21(14-16)27-23(19-9-5-6-10-20(19)25(27)29)24(28)26-15-18-8-4-7-11-22(18)30-3/h4-14,23H,15H2,1-3H3,(H,26,28). The Labute approximate surface area is 176 Å². The fourth-order valence-electron chi connectivity index (χ4n) is 3.93. The number of para-hydroxylation sites is 1. The van der Waals surface area contributed by atoms with Crippen LogP contribution in [-0.4, -0.2) is 18.9 Å². The van der Waals surface area contributed by atoms with Gasteiger partial charge in [-0.05, 0) is 48.7 Å². The molecule has 3 aromatic carbocycles. The molecule has 1 atom stereocenters. The zero-order chi connectivity index (χ0) is 21.3. The summed E-state index contributed by atoms with van der Waals surface area (Å²) >= 11 is 0. The minimum Gasteiger partial charge on any atom is -0.496 e. The lowest BCUT2D eigenvalue weighted by Gasteiger charge is -2.26. The minimum absolute atomic E-state index is 0.156. The van der Waals surface area contributed by atoms with E-state index >= 15 is 0 Å². The molecule has 0 radical (unpaired) electrons. The van der Waals surface area contributed by atoms with Gasteiger partial charge in [-0.2, -0.15) is 0 Å². The number of aryl methyl sites for hydroxylation is 2. The smallest absolute Gasteiger partial charge is 0.259 e. The molecule has 0 bridgehead atoms. The maximum absolute atomic E-state index is 13.4. The second-order valence-corrected chi connectivity index (χ2v) is 7.48. The average Bonchev–Trinajstić information content (AvgIpc) is 3.06. The number of benzene rings is 3. The number of rotatable bonds is 5. The summed E-state index contributed by atoms with van der Waals surface area (Å²) in [7, 11) is 1.61. The van der Waals surface area contributed by atoms with Crippen LogP contribution < -0.4 is 15.0 Å². The minimum atomic E-state index is -0.719. The Balaban J connectivity index is 1.70. The van der Waals surface area contributed by atoms with E-state index in [2.05, 4.69) is 5.32 Å². The number of nitrogens with zero attached hydrogens (tertiary/aromatic N) is 1. The van der Waals surface area contributed by atoms with Crippen molar-refractivity contribution >= 4 is 17.5 Å². The number of hydrogen-bond acceptors (Lipinski definition) is 3. The van der Waals surface area contributed by atoms with Crippen molar-refractivity contribution in [2.24, 2.45) is 0 Å². The summed E-state index contributed by atoms with van der Waals surface area (Å²) in [6, 6.07) is 20.1. The third-order valence-electron chi connectivity index (χ3n) is 5.48. The Bertz CT molecular complexity index is 1120. The van der Waals surface area contributed by atoms with E-state index in [1.807, 2.05) is 74.5 Å². The Morgan fingerprint density at radius 1 is 1.03 bits per heavy atom. The van der Waals surface area contributed by atoms with E-state index in [0.717, 1.165) is 27.9 Å². The van der Waals surface area contributed by atoms with E-state index in [1.165, 1.54) is 0 Å². The summed E-state index contributed by atoms with van der Waals surface area (Å²) in [5.41, 5.74) is 4.91. The molecule has 0 spiro atoms. The van der Waals surface area contributed by atoms with Crippen molar-refractivity contribution in [2.75, 3.05) is 12.0 Å². The Hall–Kier alpha value is -3.60. The van der Waals surface area contributed by atoms with E-state index in [-0.39, 0.29) is 11.8 Å². The molecule has 1 aliphatic rings. The quantitative estimate of drug-likeness (QED) is 0.694. The predicted molar refractivity (Wildman–Crippen MR) is 117 cm³/mol. The van der Waals surface area contributed by atoms with Gasteiger partial charge in [-0.15, -0.1) is 0 Å². The summed E-state index contributed by atoms with van der Waals surface area (Å²) in [5, 5.41) is 3.00. The molecule has 5 heteroatoms. The number of hydrogen-bond donors (Lipinski definition) is 1. The molecule has 1 aliphatic heterocycles. The van der Waals surface area contributed by atoms with Gasteiger partial charge in [0, 0.05) is 23.4 Å². The highest BCUT2D eigenvalue weighted by Crippen LogP contribution is 2.39. The lowest BCUT2D eigenvalue weighted by molar-refractivity contribution is -0.122. The summed E-state index contributed by atoms with van der Waals surface area (Å²) in [4.78, 5) is 28.3. The van der Waals surface area contributed by atoms with Crippen molar-refractivity contribution in [1.82, 2.24) is 5.32 Å². The van der Waals surface area contributed by atoms with Gasteiger partial charge in [0.15, 0.2) is 0 Å². The molecule has 2 amide bonds. The molecule has 0 aromatic heterocycles. The van der Waals surface area contributed by atoms with Gasteiger partial charge in [0.25, 0.3) is 5.91 Å². The lowest BCUT2D eigenvalue weighted by Crippen LogP contribution is -2.39. The second-order valence-electron chi connectivity index (χ2n) is 7.48. The molecular weight excluding hydrogens is 376 g/mol. The van der Waals surface area contributed by atoms with Crippen LogP contribution in [0.4, 0.5) is 5.69 Å². The topological polar surface area (TPSA) is 58.6 Å². The molecule has 0 saturated heterocycles. The first-order chi connectivity index (χ1) is 14.5. The van der Waals surface area contributed by atoms with Crippen LogP contribution in [0.15, 0.2) is 66.7 Å². The fourth-order valence-corrected chi connectivity index (χ4v) is 3.93. The van der Waals surface area contributed by atoms with Crippen molar-refractivity contribution in [3.8, 4) is 5.75 Å². The molecule has 1 unspecified atom stereocenters. The van der Waals surface area contributed by atoms with Crippen LogP contribution in [0, 0.1) is 13.8 Å². The summed E-state index contributed by atoms with van der Waals surface area (Å²) in [6.45, 7) is 4.25. The van der Waals surface area contributed by atoms with Crippen molar-refractivity contribution in [2.45, 2.75) is 26.4 Å². The van der Waals surface area contributed by atoms with Crippen LogP contribution in [0.1, 0.15) is 38.7 Å². The lowest BCUT2D eigenvalue weighted by atomic mass is 10.0. The van der Waals surface area contributed by atoms with Gasteiger partial charge in [0.1, 0.15) is 11.8 Å². The molecule has 3 aromatic rings. The van der Waals surface area contributed by atoms with Crippen molar-refractivity contribution in [3.63, 3.8) is 0 Å². The van der Waals surface area contributed by atoms with Crippen LogP contribution in [0.25, 0.3) is 0 Å². The number of nitrogens with one attached hydrogen (secondary N) is 1. The molecule has 5 nitrogen and oxygen atoms in total. The van der Waals surface area contributed by atoms with E-state index in [1.54, 1.807) is 18.1 Å². The highest BCUT2D eigenvalue weighted by Gasteiger charge is 2.42. The van der Waals surface area contributed by atoms with Crippen LogP contribution in [0.3, 0.4) is 0 Å². The van der Waals surface area contributed by atoms with E-state index in [0.29, 0.717) is 17.9 Å². The van der Waals surface area contributed by atoms with Crippen LogP contribution >= 0.6 is 0 Å². The molecule has 0 fully saturated rings. The SMILES string of the molecule is COc1ccccc1CNC(=O)C1c2ccccc2C(=O)N1c1cc(C)ccc1C. The van der Waals surface area contributed by atoms with Gasteiger partial charge >= 0.3 is 0 Å². The summed E-state index contributed by atoms with van der Waals surface area (Å²) in [5.74, 6) is 0.337. The highest BCUT2D eigenvalue weighted by molar-refractivity contribution is 6.16. The number of methoxy groups -OCH3 is 1. The first-order valence-corrected chi connectivity index (χ1v) is 9.90. The Kier molecular flexibility index (Phi) is 5.27. The zero-order valence-electron chi connectivity index (χ0n) is 17.3. The Morgan fingerprint density at radius 2 is 1.77 bits per heavy atom. The van der Waals surface area contributed by atoms with Gasteiger partial charge in [-0.25, -0.2) is 0 Å². The zero-order valence-corrected chi connectivity index (χ0v) is 17.3. The van der Waals surface area contributed by atoms with Gasteiger partial charge in [0.2, 0.25) is 5.91 Å². The molecule has 1 heterocycles. The number of anilines is 1. The van der Waals surface area contributed by atoms with E-state index in [9.17, 15) is 9.59 Å². The molecule has 4 rings (SSSR count). The normalized spacial score (nSPS) is 15.1. The largest absolute Gasteiger partial charge is 0.496 e. The van der Waals surface area contributed by atoms with Gasteiger partial charge < -0.3 is 10.1 Å². The van der Waals surface area contributed by atoms with Crippen LogP contribution in [0.5, 0.6) is 5.75 Å². The predicted octanol–water partition coefficient (Wildman–Crippen LogP) is 4.33. The van der Waals surface area contributed by atoms with Gasteiger partial charge in [-0.1, -0.05) is 48.5 Å². The van der Waals surface area contributed by atoms with Crippen molar-refractivity contribution < 1.29 is 14.3 Å². The molecule has 0 saturated carbocycles. The average molecular weight is 400 g/mol. The molecule has 1 N–H and O–H groups in total. The van der Waals surface area contributed by atoms with Crippen LogP contribution in [-0.2, 0) is 11.3 Å². The van der Waals surface area contributed by atoms with Gasteiger partial charge in [0.05, 0.1) is 7.11 Å². The fraction of sp³-hybridized carbons (Fsp3) is 0.200. The molecule has 30 heavy (non-hydrogen) atoms. The third-order valence-corrected chi connectivity index (χ3v) is 5.48. The number of ether oxygens (including phenoxy) is 1. The highest BCUT2D eigenvalue weighted by atomic mass is 16.5. The monoisotopic (exact) mass is 400 g/mol. The molecule has 0 aliphatic carbocycles. The maximum Gasteiger partial charge on any atom is 0.259 e. The third kappa shape index (κ3) is 3.43. The number of carbonyl (C=O) groups excluding carboxylic acids is 2. The second kappa shape index (κ2) is 8.03. The van der Waals surface area contributed by atoms with E-state index < -0.39 is 6.04 Å². The number of fused-ring (bicyclic) bond motifs is 1. The van der Waals surface area contributed by atoms with Crippen molar-refractivity contribution in [3.05, 3.63) is 94.5 Å². The van der Waals surface area contributed by atoms with Crippen molar-refractivity contribution in [1.29, 1.82) is 0 Å². The summed E-state index contributed by atoms with van der Waals surface area (Å²) < 4.78 is 5.38. The first-order valence-electron chi connectivity index (χ1n) is 9.90. The number of amides is 2. The first kappa shape index (κ1) is 19.7. The van der Waals surface area contributed by atoms with Gasteiger partial charge in [-0.3, -0.25) is 14.5 Å². The van der Waals surface area contributed by atoms with Crippen LogP contribution in [0.2, 0.25) is 0 Å². The number of carbonyl (C=O) groups is 2.